The molecule has 1 aliphatic heterocycles. The van der Waals surface area contributed by atoms with Crippen LogP contribution in [0.15, 0.2) is 57.3 Å². The summed E-state index contributed by atoms with van der Waals surface area (Å²) in [6.45, 7) is 2.54. The van der Waals surface area contributed by atoms with Crippen LogP contribution < -0.4 is 0 Å². The number of carbonyl (C=O) groups excluding carboxylic acids is 1. The van der Waals surface area contributed by atoms with Crippen LogP contribution in [0, 0.1) is 12.8 Å². The Balaban J connectivity index is 1.29. The number of carbonyl (C=O) groups is 1. The van der Waals surface area contributed by atoms with E-state index in [9.17, 15) is 13.2 Å². The molecule has 2 aromatic heterocycles. The smallest absolute Gasteiger partial charge is 0.309 e. The number of hydrogen-bond donors (Lipinski definition) is 0. The number of ether oxygens (including phenoxy) is 1. The molecule has 0 atom stereocenters. The summed E-state index contributed by atoms with van der Waals surface area (Å²) in [5.41, 5.74) is 1.55. The maximum atomic E-state index is 12.8. The average molecular weight is 447 g/mol. The molecule has 4 rings (SSSR count). The summed E-state index contributed by atoms with van der Waals surface area (Å²) >= 11 is 1.54. The zero-order valence-electron chi connectivity index (χ0n) is 16.5. The number of aromatic nitrogens is 1. The molecule has 0 radical (unpaired) electrons. The molecule has 0 saturated carbocycles. The van der Waals surface area contributed by atoms with Crippen LogP contribution in [0.2, 0.25) is 0 Å². The fraction of sp³-hybridized carbons (Fsp3) is 0.333. The number of aryl methyl sites for hydroxylation is 1. The van der Waals surface area contributed by atoms with Gasteiger partial charge in [0, 0.05) is 19.2 Å². The van der Waals surface area contributed by atoms with Crippen molar-refractivity contribution in [2.45, 2.75) is 31.3 Å². The molecule has 158 valence electrons. The van der Waals surface area contributed by atoms with E-state index in [0.29, 0.717) is 37.4 Å². The van der Waals surface area contributed by atoms with Crippen LogP contribution in [0.25, 0.3) is 10.6 Å². The minimum atomic E-state index is -3.54. The van der Waals surface area contributed by atoms with Gasteiger partial charge in [-0.05, 0) is 43.3 Å². The van der Waals surface area contributed by atoms with Gasteiger partial charge in [0.25, 0.3) is 0 Å². The Labute approximate surface area is 179 Å². The predicted octanol–water partition coefficient (Wildman–Crippen LogP) is 3.86. The lowest BCUT2D eigenvalue weighted by Crippen LogP contribution is -2.40. The standard InChI is InChI=1S/C21H22N2O5S2/c1-15-4-6-18(7-5-15)30(25,26)23-10-8-16(9-11-23)21(24)27-14-17-13-19(28-22-17)20-3-2-12-29-20/h2-7,12-13,16H,8-11,14H2,1H3. The van der Waals surface area contributed by atoms with Crippen molar-refractivity contribution in [2.24, 2.45) is 5.92 Å². The molecule has 0 bridgehead atoms. The van der Waals surface area contributed by atoms with Gasteiger partial charge in [-0.1, -0.05) is 28.9 Å². The first-order valence-corrected chi connectivity index (χ1v) is 12.0. The minimum absolute atomic E-state index is 0.0373. The first kappa shape index (κ1) is 20.8. The summed E-state index contributed by atoms with van der Waals surface area (Å²) in [4.78, 5) is 13.7. The van der Waals surface area contributed by atoms with E-state index >= 15 is 0 Å². The van der Waals surface area contributed by atoms with E-state index in [2.05, 4.69) is 5.16 Å². The number of thiophene rings is 1. The molecule has 1 aliphatic rings. The van der Waals surface area contributed by atoms with Gasteiger partial charge >= 0.3 is 5.97 Å². The van der Waals surface area contributed by atoms with Crippen LogP contribution in [0.4, 0.5) is 0 Å². The van der Waals surface area contributed by atoms with Gasteiger partial charge in [0.1, 0.15) is 12.3 Å². The molecule has 0 aliphatic carbocycles. The van der Waals surface area contributed by atoms with E-state index in [1.54, 1.807) is 41.7 Å². The van der Waals surface area contributed by atoms with E-state index in [1.807, 2.05) is 24.4 Å². The van der Waals surface area contributed by atoms with Crippen LogP contribution in [-0.4, -0.2) is 36.9 Å². The maximum absolute atomic E-state index is 12.8. The van der Waals surface area contributed by atoms with Crippen LogP contribution >= 0.6 is 11.3 Å². The van der Waals surface area contributed by atoms with Crippen molar-refractivity contribution in [2.75, 3.05) is 13.1 Å². The van der Waals surface area contributed by atoms with Gasteiger partial charge in [-0.3, -0.25) is 4.79 Å². The third-order valence-electron chi connectivity index (χ3n) is 5.13. The molecular weight excluding hydrogens is 424 g/mol. The largest absolute Gasteiger partial charge is 0.459 e. The fourth-order valence-electron chi connectivity index (χ4n) is 3.37. The normalized spacial score (nSPS) is 15.9. The number of rotatable bonds is 6. The number of hydrogen-bond acceptors (Lipinski definition) is 7. The summed E-state index contributed by atoms with van der Waals surface area (Å²) in [6, 6.07) is 12.4. The lowest BCUT2D eigenvalue weighted by Gasteiger charge is -2.30. The topological polar surface area (TPSA) is 89.7 Å². The number of piperidine rings is 1. The molecule has 0 N–H and O–H groups in total. The third kappa shape index (κ3) is 4.48. The van der Waals surface area contributed by atoms with E-state index in [-0.39, 0.29) is 23.4 Å². The Bertz CT molecular complexity index is 1100. The Hall–Kier alpha value is -2.49. The summed E-state index contributed by atoms with van der Waals surface area (Å²) in [5, 5.41) is 5.89. The van der Waals surface area contributed by atoms with Crippen molar-refractivity contribution in [1.82, 2.24) is 9.46 Å². The molecule has 9 heteroatoms. The van der Waals surface area contributed by atoms with Crippen LogP contribution in [0.5, 0.6) is 0 Å². The van der Waals surface area contributed by atoms with Gasteiger partial charge < -0.3 is 9.26 Å². The molecule has 1 saturated heterocycles. The molecule has 30 heavy (non-hydrogen) atoms. The van der Waals surface area contributed by atoms with E-state index in [1.165, 1.54) is 4.31 Å². The zero-order chi connectivity index (χ0) is 21.1. The van der Waals surface area contributed by atoms with E-state index in [4.69, 9.17) is 9.26 Å². The van der Waals surface area contributed by atoms with Crippen LogP contribution in [-0.2, 0) is 26.2 Å². The van der Waals surface area contributed by atoms with Crippen molar-refractivity contribution >= 4 is 27.3 Å². The molecular formula is C21H22N2O5S2. The molecule has 1 fully saturated rings. The van der Waals surface area contributed by atoms with Crippen molar-refractivity contribution in [1.29, 1.82) is 0 Å². The van der Waals surface area contributed by atoms with Gasteiger partial charge in [-0.2, -0.15) is 4.31 Å². The summed E-state index contributed by atoms with van der Waals surface area (Å²) in [7, 11) is -3.54. The van der Waals surface area contributed by atoms with Crippen molar-refractivity contribution in [3.8, 4) is 10.6 Å². The molecule has 3 heterocycles. The maximum Gasteiger partial charge on any atom is 0.309 e. The van der Waals surface area contributed by atoms with Crippen LogP contribution in [0.3, 0.4) is 0 Å². The van der Waals surface area contributed by atoms with Crippen molar-refractivity contribution in [3.05, 3.63) is 59.1 Å². The number of benzene rings is 1. The van der Waals surface area contributed by atoms with Crippen molar-refractivity contribution < 1.29 is 22.5 Å². The Morgan fingerprint density at radius 3 is 2.63 bits per heavy atom. The first-order chi connectivity index (χ1) is 14.4. The van der Waals surface area contributed by atoms with Gasteiger partial charge in [-0.25, -0.2) is 8.42 Å². The Morgan fingerprint density at radius 2 is 1.97 bits per heavy atom. The fourth-order valence-corrected chi connectivity index (χ4v) is 5.51. The Morgan fingerprint density at radius 1 is 1.23 bits per heavy atom. The molecule has 0 spiro atoms. The van der Waals surface area contributed by atoms with Crippen molar-refractivity contribution in [3.63, 3.8) is 0 Å². The zero-order valence-corrected chi connectivity index (χ0v) is 18.1. The van der Waals surface area contributed by atoms with E-state index in [0.717, 1.165) is 10.4 Å². The molecule has 7 nitrogen and oxygen atoms in total. The average Bonchev–Trinajstić information content (AvgIpc) is 3.44. The highest BCUT2D eigenvalue weighted by molar-refractivity contribution is 7.89. The second-order valence-electron chi connectivity index (χ2n) is 7.26. The third-order valence-corrected chi connectivity index (χ3v) is 7.93. The summed E-state index contributed by atoms with van der Waals surface area (Å²) in [6.07, 6.45) is 0.867. The molecule has 3 aromatic rings. The summed E-state index contributed by atoms with van der Waals surface area (Å²) < 4.78 is 37.7. The van der Waals surface area contributed by atoms with E-state index < -0.39 is 10.0 Å². The Kier molecular flexibility index (Phi) is 6.03. The quantitative estimate of drug-likeness (QED) is 0.534. The highest BCUT2D eigenvalue weighted by Crippen LogP contribution is 2.27. The lowest BCUT2D eigenvalue weighted by molar-refractivity contribution is -0.151. The second-order valence-corrected chi connectivity index (χ2v) is 10.1. The summed E-state index contributed by atoms with van der Waals surface area (Å²) in [5.74, 6) is -0.00754. The van der Waals surface area contributed by atoms with Gasteiger partial charge in [-0.15, -0.1) is 11.3 Å². The minimum Gasteiger partial charge on any atom is -0.459 e. The van der Waals surface area contributed by atoms with Crippen LogP contribution in [0.1, 0.15) is 24.1 Å². The monoisotopic (exact) mass is 446 g/mol. The predicted molar refractivity (Wildman–Crippen MR) is 112 cm³/mol. The molecule has 0 amide bonds. The SMILES string of the molecule is Cc1ccc(S(=O)(=O)N2CCC(C(=O)OCc3cc(-c4cccs4)on3)CC2)cc1. The highest BCUT2D eigenvalue weighted by Gasteiger charge is 2.32. The van der Waals surface area contributed by atoms with Gasteiger partial charge in [0.05, 0.1) is 15.7 Å². The van der Waals surface area contributed by atoms with Gasteiger partial charge in [0.2, 0.25) is 10.0 Å². The highest BCUT2D eigenvalue weighted by atomic mass is 32.2. The number of nitrogens with zero attached hydrogens (tertiary/aromatic N) is 2. The second kappa shape index (κ2) is 8.71. The van der Waals surface area contributed by atoms with Gasteiger partial charge in [0.15, 0.2) is 5.76 Å². The lowest BCUT2D eigenvalue weighted by atomic mass is 9.98. The molecule has 1 aromatic carbocycles. The number of sulfonamides is 1. The molecule has 0 unspecified atom stereocenters. The first-order valence-electron chi connectivity index (χ1n) is 9.66. The number of esters is 1.